The van der Waals surface area contributed by atoms with Gasteiger partial charge in [-0.25, -0.2) is 4.39 Å². The molecule has 0 radical (unpaired) electrons. The molecular formula is C17H14ClFN2O3. The third-order valence-electron chi connectivity index (χ3n) is 3.61. The first-order valence-electron chi connectivity index (χ1n) is 7.03. The summed E-state index contributed by atoms with van der Waals surface area (Å²) in [6.07, 6.45) is 1.53. The van der Waals surface area contributed by atoms with Gasteiger partial charge in [-0.3, -0.25) is 4.79 Å². The lowest BCUT2D eigenvalue weighted by Gasteiger charge is -2.13. The third-order valence-corrected chi connectivity index (χ3v) is 3.91. The molecule has 124 valence electrons. The molecular weight excluding hydrogens is 335 g/mol. The molecule has 0 saturated carbocycles. The highest BCUT2D eigenvalue weighted by molar-refractivity contribution is 6.32. The van der Waals surface area contributed by atoms with Crippen molar-refractivity contribution in [2.45, 2.75) is 0 Å². The molecule has 2 aromatic carbocycles. The van der Waals surface area contributed by atoms with E-state index in [4.69, 9.17) is 21.1 Å². The maximum absolute atomic E-state index is 13.4. The summed E-state index contributed by atoms with van der Waals surface area (Å²) in [7, 11) is 2.94. The SMILES string of the molecule is COc1cc(NC(=O)c2c[nH]c3ccc(F)cc23)c(OC)cc1Cl. The second kappa shape index (κ2) is 6.41. The van der Waals surface area contributed by atoms with Crippen LogP contribution >= 0.6 is 11.6 Å². The van der Waals surface area contributed by atoms with Gasteiger partial charge in [0, 0.05) is 29.2 Å². The number of benzene rings is 2. The van der Waals surface area contributed by atoms with Crippen molar-refractivity contribution in [2.75, 3.05) is 19.5 Å². The van der Waals surface area contributed by atoms with Crippen molar-refractivity contribution in [2.24, 2.45) is 0 Å². The summed E-state index contributed by atoms with van der Waals surface area (Å²) in [5.41, 5.74) is 1.39. The molecule has 1 amide bonds. The summed E-state index contributed by atoms with van der Waals surface area (Å²) < 4.78 is 23.8. The number of aromatic amines is 1. The average molecular weight is 349 g/mol. The number of nitrogens with one attached hydrogen (secondary N) is 2. The number of hydrogen-bond acceptors (Lipinski definition) is 3. The number of H-pyrrole nitrogens is 1. The smallest absolute Gasteiger partial charge is 0.257 e. The molecule has 24 heavy (non-hydrogen) atoms. The number of carbonyl (C=O) groups excluding carboxylic acids is 1. The van der Waals surface area contributed by atoms with Crippen LogP contribution in [0.5, 0.6) is 11.5 Å². The summed E-state index contributed by atoms with van der Waals surface area (Å²) in [4.78, 5) is 15.5. The van der Waals surface area contributed by atoms with Crippen LogP contribution < -0.4 is 14.8 Å². The van der Waals surface area contributed by atoms with Crippen molar-refractivity contribution >= 4 is 34.1 Å². The second-order valence-corrected chi connectivity index (χ2v) is 5.44. The monoisotopic (exact) mass is 348 g/mol. The minimum absolute atomic E-state index is 0.320. The summed E-state index contributed by atoms with van der Waals surface area (Å²) >= 11 is 6.05. The molecule has 5 nitrogen and oxygen atoms in total. The number of aromatic nitrogens is 1. The van der Waals surface area contributed by atoms with Gasteiger partial charge in [0.1, 0.15) is 17.3 Å². The van der Waals surface area contributed by atoms with Gasteiger partial charge >= 0.3 is 0 Å². The van der Waals surface area contributed by atoms with Gasteiger partial charge in [0.25, 0.3) is 5.91 Å². The van der Waals surface area contributed by atoms with Gasteiger partial charge in [-0.1, -0.05) is 11.6 Å². The number of ether oxygens (including phenoxy) is 2. The van der Waals surface area contributed by atoms with Crippen molar-refractivity contribution in [1.29, 1.82) is 0 Å². The number of methoxy groups -OCH3 is 2. The molecule has 0 unspecified atom stereocenters. The average Bonchev–Trinajstić information content (AvgIpc) is 2.99. The van der Waals surface area contributed by atoms with Gasteiger partial charge in [-0.05, 0) is 18.2 Å². The highest BCUT2D eigenvalue weighted by atomic mass is 35.5. The van der Waals surface area contributed by atoms with Gasteiger partial charge in [0.05, 0.1) is 30.5 Å². The van der Waals surface area contributed by atoms with E-state index in [1.807, 2.05) is 0 Å². The fourth-order valence-electron chi connectivity index (χ4n) is 2.43. The third kappa shape index (κ3) is 2.88. The zero-order valence-corrected chi connectivity index (χ0v) is 13.7. The first-order valence-corrected chi connectivity index (χ1v) is 7.40. The lowest BCUT2D eigenvalue weighted by molar-refractivity contribution is 0.102. The van der Waals surface area contributed by atoms with E-state index >= 15 is 0 Å². The Morgan fingerprint density at radius 3 is 2.62 bits per heavy atom. The Hall–Kier alpha value is -2.73. The molecule has 0 atom stereocenters. The Morgan fingerprint density at radius 1 is 1.17 bits per heavy atom. The van der Waals surface area contributed by atoms with Crippen LogP contribution in [0.15, 0.2) is 36.5 Å². The first kappa shape index (κ1) is 16.1. The zero-order valence-electron chi connectivity index (χ0n) is 12.9. The van der Waals surface area contributed by atoms with E-state index in [-0.39, 0.29) is 0 Å². The number of rotatable bonds is 4. The lowest BCUT2D eigenvalue weighted by atomic mass is 10.1. The van der Waals surface area contributed by atoms with Gasteiger partial charge in [0.15, 0.2) is 0 Å². The first-order chi connectivity index (χ1) is 11.5. The van der Waals surface area contributed by atoms with E-state index in [2.05, 4.69) is 10.3 Å². The predicted octanol–water partition coefficient (Wildman–Crippen LogP) is 4.23. The molecule has 0 spiro atoms. The zero-order chi connectivity index (χ0) is 17.3. The minimum Gasteiger partial charge on any atom is -0.495 e. The van der Waals surface area contributed by atoms with Gasteiger partial charge < -0.3 is 19.8 Å². The molecule has 0 fully saturated rings. The number of fused-ring (bicyclic) bond motifs is 1. The van der Waals surface area contributed by atoms with Crippen LogP contribution in [0.3, 0.4) is 0 Å². The topological polar surface area (TPSA) is 63.3 Å². The molecule has 0 bridgehead atoms. The quantitative estimate of drug-likeness (QED) is 0.741. The Bertz CT molecular complexity index is 924. The maximum atomic E-state index is 13.4. The fourth-order valence-corrected chi connectivity index (χ4v) is 2.66. The number of carbonyl (C=O) groups is 1. The van der Waals surface area contributed by atoms with Gasteiger partial charge in [-0.2, -0.15) is 0 Å². The maximum Gasteiger partial charge on any atom is 0.257 e. The van der Waals surface area contributed by atoms with Crippen molar-refractivity contribution in [1.82, 2.24) is 4.98 Å². The van der Waals surface area contributed by atoms with Crippen molar-refractivity contribution in [3.8, 4) is 11.5 Å². The predicted molar refractivity (Wildman–Crippen MR) is 90.8 cm³/mol. The van der Waals surface area contributed by atoms with Crippen LogP contribution in [0.1, 0.15) is 10.4 Å². The molecule has 0 aliphatic heterocycles. The molecule has 2 N–H and O–H groups in total. The Kier molecular flexibility index (Phi) is 4.31. The van der Waals surface area contributed by atoms with Crippen molar-refractivity contribution in [3.05, 3.63) is 52.9 Å². The molecule has 3 aromatic rings. The molecule has 0 aliphatic rings. The molecule has 7 heteroatoms. The summed E-state index contributed by atoms with van der Waals surface area (Å²) in [6, 6.07) is 7.32. The van der Waals surface area contributed by atoms with Crippen LogP contribution in [-0.4, -0.2) is 25.1 Å². The van der Waals surface area contributed by atoms with Gasteiger partial charge in [-0.15, -0.1) is 0 Å². The van der Waals surface area contributed by atoms with Gasteiger partial charge in [0.2, 0.25) is 0 Å². The molecule has 1 aromatic heterocycles. The number of anilines is 1. The highest BCUT2D eigenvalue weighted by Crippen LogP contribution is 2.36. The standard InChI is InChI=1S/C17H14ClFN2O3/c1-23-15-7-14(16(24-2)6-12(15)18)21-17(22)11-8-20-13-4-3-9(19)5-10(11)13/h3-8,20H,1-2H3,(H,21,22). The second-order valence-electron chi connectivity index (χ2n) is 5.03. The Labute approximate surface area is 142 Å². The van der Waals surface area contributed by atoms with E-state index in [0.29, 0.717) is 38.7 Å². The van der Waals surface area contributed by atoms with E-state index in [1.165, 1.54) is 32.5 Å². The van der Waals surface area contributed by atoms with Crippen LogP contribution in [0.4, 0.5) is 10.1 Å². The number of amides is 1. The van der Waals surface area contributed by atoms with E-state index < -0.39 is 11.7 Å². The summed E-state index contributed by atoms with van der Waals surface area (Å²) in [6.45, 7) is 0. The lowest BCUT2D eigenvalue weighted by Crippen LogP contribution is -2.12. The minimum atomic E-state index is -0.415. The van der Waals surface area contributed by atoms with Crippen molar-refractivity contribution < 1.29 is 18.7 Å². The highest BCUT2D eigenvalue weighted by Gasteiger charge is 2.16. The number of hydrogen-bond donors (Lipinski definition) is 2. The molecule has 3 rings (SSSR count). The van der Waals surface area contributed by atoms with E-state index in [9.17, 15) is 9.18 Å². The Balaban J connectivity index is 1.98. The van der Waals surface area contributed by atoms with Crippen LogP contribution in [0, 0.1) is 5.82 Å². The van der Waals surface area contributed by atoms with Crippen molar-refractivity contribution in [3.63, 3.8) is 0 Å². The van der Waals surface area contributed by atoms with Crippen LogP contribution in [0.25, 0.3) is 10.9 Å². The normalized spacial score (nSPS) is 10.7. The Morgan fingerprint density at radius 2 is 1.92 bits per heavy atom. The molecule has 0 saturated heterocycles. The van der Waals surface area contributed by atoms with E-state index in [0.717, 1.165) is 0 Å². The molecule has 0 aliphatic carbocycles. The summed E-state index contributed by atoms with van der Waals surface area (Å²) in [5, 5.41) is 3.59. The molecule has 1 heterocycles. The van der Waals surface area contributed by atoms with Crippen LogP contribution in [-0.2, 0) is 0 Å². The fraction of sp³-hybridized carbons (Fsp3) is 0.118. The number of halogens is 2. The van der Waals surface area contributed by atoms with Crippen LogP contribution in [0.2, 0.25) is 5.02 Å². The summed E-state index contributed by atoms with van der Waals surface area (Å²) in [5.74, 6) is -0.0330. The van der Waals surface area contributed by atoms with E-state index in [1.54, 1.807) is 18.2 Å². The largest absolute Gasteiger partial charge is 0.495 e.